The SMILES string of the molecule is C[C@H]1CN(C(=O)OC(C)(C)C)CCN1c1nc2cc(Cl)cc(-c3ccsc3)c2o1.C[C@H]1CNCCN1c1nc2cc(F)c(C(F)(F)F)c(-c3nccs3)c2o1. The van der Waals surface area contributed by atoms with Crippen LogP contribution in [0.3, 0.4) is 0 Å². The van der Waals surface area contributed by atoms with Gasteiger partial charge in [0.2, 0.25) is 0 Å². The minimum Gasteiger partial charge on any atom is -0.444 e. The van der Waals surface area contributed by atoms with Crippen molar-refractivity contribution in [2.45, 2.75) is 58.5 Å². The second-order valence-corrected chi connectivity index (χ2v) is 16.4. The lowest BCUT2D eigenvalue weighted by atomic mass is 10.1. The number of anilines is 2. The van der Waals surface area contributed by atoms with Crippen LogP contribution < -0.4 is 15.1 Å². The summed E-state index contributed by atoms with van der Waals surface area (Å²) in [5, 5.41) is 9.50. The van der Waals surface area contributed by atoms with Gasteiger partial charge in [-0.1, -0.05) is 11.6 Å². The van der Waals surface area contributed by atoms with Gasteiger partial charge in [0.25, 0.3) is 12.0 Å². The summed E-state index contributed by atoms with van der Waals surface area (Å²) in [7, 11) is 0. The molecule has 6 heterocycles. The molecule has 11 nitrogen and oxygen atoms in total. The highest BCUT2D eigenvalue weighted by molar-refractivity contribution is 7.13. The maximum Gasteiger partial charge on any atom is 0.420 e. The zero-order valence-electron chi connectivity index (χ0n) is 30.5. The first-order valence-electron chi connectivity index (χ1n) is 17.5. The van der Waals surface area contributed by atoms with Gasteiger partial charge in [0.15, 0.2) is 11.2 Å². The number of thiazole rings is 1. The molecule has 0 aliphatic carbocycles. The highest BCUT2D eigenvalue weighted by Gasteiger charge is 2.41. The van der Waals surface area contributed by atoms with E-state index in [9.17, 15) is 22.4 Å². The first-order valence-corrected chi connectivity index (χ1v) is 19.7. The molecule has 6 aromatic rings. The molecule has 55 heavy (non-hydrogen) atoms. The average Bonchev–Trinajstić information content (AvgIpc) is 3.94. The number of nitrogens with zero attached hydrogens (tertiary/aromatic N) is 6. The Hall–Kier alpha value is -4.45. The van der Waals surface area contributed by atoms with Crippen LogP contribution in [0.15, 0.2) is 55.4 Å². The number of carbonyl (C=O) groups is 1. The molecule has 292 valence electrons. The van der Waals surface area contributed by atoms with Crippen LogP contribution in [0.2, 0.25) is 5.02 Å². The van der Waals surface area contributed by atoms with Crippen molar-refractivity contribution in [3.05, 3.63) is 63.0 Å². The molecule has 2 aliphatic rings. The number of nitrogens with one attached hydrogen (secondary N) is 1. The number of amides is 1. The van der Waals surface area contributed by atoms with Crippen molar-refractivity contribution in [2.24, 2.45) is 0 Å². The smallest absolute Gasteiger partial charge is 0.420 e. The number of halogens is 5. The lowest BCUT2D eigenvalue weighted by molar-refractivity contribution is -0.139. The molecule has 0 unspecified atom stereocenters. The third-order valence-corrected chi connectivity index (χ3v) is 10.8. The van der Waals surface area contributed by atoms with Gasteiger partial charge >= 0.3 is 12.3 Å². The third-order valence-electron chi connectivity index (χ3n) is 9.10. The number of thiophene rings is 1. The molecule has 0 radical (unpaired) electrons. The quantitative estimate of drug-likeness (QED) is 0.173. The van der Waals surface area contributed by atoms with Gasteiger partial charge in [-0.05, 0) is 69.1 Å². The Morgan fingerprint density at radius 1 is 0.982 bits per heavy atom. The Morgan fingerprint density at radius 2 is 1.69 bits per heavy atom. The Labute approximate surface area is 326 Å². The third kappa shape index (κ3) is 8.25. The van der Waals surface area contributed by atoms with E-state index in [1.54, 1.807) is 16.2 Å². The molecule has 4 aromatic heterocycles. The fourth-order valence-electron chi connectivity index (χ4n) is 6.57. The molecule has 2 aliphatic heterocycles. The summed E-state index contributed by atoms with van der Waals surface area (Å²) in [6.07, 6.45) is -3.80. The number of hydrogen-bond acceptors (Lipinski definition) is 12. The minimum absolute atomic E-state index is 0.0397. The molecule has 2 aromatic carbocycles. The van der Waals surface area contributed by atoms with E-state index in [0.717, 1.165) is 39.6 Å². The van der Waals surface area contributed by atoms with Gasteiger partial charge in [0.05, 0.1) is 5.56 Å². The lowest BCUT2D eigenvalue weighted by Gasteiger charge is -2.39. The number of fused-ring (bicyclic) bond motifs is 2. The number of piperazine rings is 2. The van der Waals surface area contributed by atoms with E-state index in [-0.39, 0.29) is 40.3 Å². The van der Waals surface area contributed by atoms with Crippen LogP contribution in [0.5, 0.6) is 0 Å². The topological polar surface area (TPSA) is 113 Å². The largest absolute Gasteiger partial charge is 0.444 e. The molecule has 2 saturated heterocycles. The summed E-state index contributed by atoms with van der Waals surface area (Å²) in [5.41, 5.74) is 1.12. The second kappa shape index (κ2) is 15.2. The lowest BCUT2D eigenvalue weighted by Crippen LogP contribution is -2.54. The van der Waals surface area contributed by atoms with Gasteiger partial charge < -0.3 is 33.6 Å². The van der Waals surface area contributed by atoms with E-state index in [4.69, 9.17) is 30.2 Å². The molecule has 0 saturated carbocycles. The van der Waals surface area contributed by atoms with E-state index in [1.165, 1.54) is 11.6 Å². The Balaban J connectivity index is 0.000000170. The van der Waals surface area contributed by atoms with Crippen molar-refractivity contribution in [3.63, 3.8) is 0 Å². The minimum atomic E-state index is -4.88. The van der Waals surface area contributed by atoms with Crippen molar-refractivity contribution in [1.29, 1.82) is 0 Å². The van der Waals surface area contributed by atoms with Crippen molar-refractivity contribution >= 4 is 74.6 Å². The number of ether oxygens (including phenoxy) is 1. The molecule has 8 rings (SSSR count). The van der Waals surface area contributed by atoms with Gasteiger partial charge in [-0.3, -0.25) is 0 Å². The number of benzene rings is 2. The van der Waals surface area contributed by atoms with E-state index < -0.39 is 28.7 Å². The first-order chi connectivity index (χ1) is 26.1. The number of oxazole rings is 2. The van der Waals surface area contributed by atoms with Gasteiger partial charge in [0, 0.05) is 79.6 Å². The predicted octanol–water partition coefficient (Wildman–Crippen LogP) is 9.56. The molecular weight excluding hydrogens is 782 g/mol. The van der Waals surface area contributed by atoms with Crippen LogP contribution in [-0.2, 0) is 10.9 Å². The summed E-state index contributed by atoms with van der Waals surface area (Å²) in [4.78, 5) is 30.9. The Morgan fingerprint density at radius 3 is 2.31 bits per heavy atom. The second-order valence-electron chi connectivity index (χ2n) is 14.3. The summed E-state index contributed by atoms with van der Waals surface area (Å²) in [6, 6.07) is 7.37. The van der Waals surface area contributed by atoms with Crippen LogP contribution in [0.4, 0.5) is 34.4 Å². The predicted molar refractivity (Wildman–Crippen MR) is 207 cm³/mol. The van der Waals surface area contributed by atoms with Crippen LogP contribution >= 0.6 is 34.3 Å². The summed E-state index contributed by atoms with van der Waals surface area (Å²) < 4.78 is 72.3. The van der Waals surface area contributed by atoms with Crippen molar-refractivity contribution < 1.29 is 35.9 Å². The van der Waals surface area contributed by atoms with E-state index in [0.29, 0.717) is 50.3 Å². The number of carbonyl (C=O) groups excluding carboxylic acids is 1. The molecule has 1 N–H and O–H groups in total. The van der Waals surface area contributed by atoms with Gasteiger partial charge in [0.1, 0.15) is 33.0 Å². The summed E-state index contributed by atoms with van der Waals surface area (Å²) in [6.45, 7) is 13.3. The van der Waals surface area contributed by atoms with Crippen molar-refractivity contribution in [2.75, 3.05) is 49.1 Å². The summed E-state index contributed by atoms with van der Waals surface area (Å²) in [5.74, 6) is -1.39. The number of alkyl halides is 3. The normalized spacial score (nSPS) is 18.2. The zero-order valence-corrected chi connectivity index (χ0v) is 32.9. The van der Waals surface area contributed by atoms with Crippen molar-refractivity contribution in [1.82, 2.24) is 25.2 Å². The zero-order chi connectivity index (χ0) is 39.2. The number of aromatic nitrogens is 3. The standard InChI is InChI=1S/C21H24ClN3O3S.C16H14F4N4OS/c1-13-11-24(20(26)28-21(2,3)4)6-7-25(13)19-23-17-10-15(22)9-16(18(17)27-19)14-5-8-29-12-14;1-8-7-21-2-4-24(8)15-23-10-6-9(17)12(16(18,19)20)11(13(10)25-15)14-22-3-5-26-14/h5,8-10,12-13H,6-7,11H2,1-4H3;3,5-6,8,21H,2,4,7H2,1H3/t13-;8-/m00/s1. The highest BCUT2D eigenvalue weighted by Crippen LogP contribution is 2.44. The van der Waals surface area contributed by atoms with Crippen molar-refractivity contribution in [3.8, 4) is 21.7 Å². The fraction of sp³-hybridized carbons (Fsp3) is 0.405. The molecule has 0 bridgehead atoms. The maximum atomic E-state index is 14.3. The molecule has 2 fully saturated rings. The molecule has 0 spiro atoms. The van der Waals surface area contributed by atoms with Crippen LogP contribution in [-0.4, -0.2) is 82.9 Å². The van der Waals surface area contributed by atoms with E-state index >= 15 is 0 Å². The van der Waals surface area contributed by atoms with Gasteiger partial charge in [-0.15, -0.1) is 11.3 Å². The summed E-state index contributed by atoms with van der Waals surface area (Å²) >= 11 is 8.93. The van der Waals surface area contributed by atoms with E-state index in [1.807, 2.05) is 56.2 Å². The molecule has 2 atom stereocenters. The number of rotatable bonds is 4. The average molecular weight is 820 g/mol. The van der Waals surface area contributed by atoms with E-state index in [2.05, 4.69) is 32.5 Å². The van der Waals surface area contributed by atoms with Crippen LogP contribution in [0.25, 0.3) is 43.9 Å². The molecule has 1 amide bonds. The first kappa shape index (κ1) is 38.8. The van der Waals surface area contributed by atoms with Gasteiger partial charge in [-0.25, -0.2) is 14.2 Å². The fourth-order valence-corrected chi connectivity index (χ4v) is 8.13. The molecular formula is C37H38ClF4N7O4S2. The number of hydrogen-bond donors (Lipinski definition) is 1. The monoisotopic (exact) mass is 819 g/mol. The van der Waals surface area contributed by atoms with Crippen LogP contribution in [0, 0.1) is 5.82 Å². The Kier molecular flexibility index (Phi) is 10.8. The Bertz CT molecular complexity index is 2290. The van der Waals surface area contributed by atoms with Gasteiger partial charge in [-0.2, -0.15) is 34.5 Å². The maximum absolute atomic E-state index is 14.3. The highest BCUT2D eigenvalue weighted by atomic mass is 35.5. The molecule has 18 heteroatoms. The van der Waals surface area contributed by atoms with Crippen LogP contribution in [0.1, 0.15) is 40.2 Å².